The fraction of sp³-hybridized carbons (Fsp3) is 0.750. The Kier molecular flexibility index (Phi) is 3.54. The summed E-state index contributed by atoms with van der Waals surface area (Å²) in [5.74, 6) is 1.41. The average Bonchev–Trinajstić information content (AvgIpc) is 3.48. The van der Waals surface area contributed by atoms with Gasteiger partial charge in [0.25, 0.3) is 5.56 Å². The Morgan fingerprint density at radius 2 is 1.92 bits per heavy atom. The van der Waals surface area contributed by atoms with Gasteiger partial charge >= 0.3 is 0 Å². The molecule has 0 saturated heterocycles. The molecule has 1 heterocycles. The summed E-state index contributed by atoms with van der Waals surface area (Å²) in [5, 5.41) is 3.05. The Hall–Kier alpha value is -1.65. The minimum atomic E-state index is -0.0960. The smallest absolute Gasteiger partial charge is 0.274 e. The van der Waals surface area contributed by atoms with Crippen molar-refractivity contribution in [3.8, 4) is 0 Å². The van der Waals surface area contributed by atoms with Gasteiger partial charge < -0.3 is 9.88 Å². The molecule has 1 aromatic heterocycles. The van der Waals surface area contributed by atoms with E-state index < -0.39 is 0 Å². The maximum Gasteiger partial charge on any atom is 0.274 e. The molecule has 0 bridgehead atoms. The van der Waals surface area contributed by atoms with Crippen LogP contribution in [0.2, 0.25) is 0 Å². The number of nitrogens with one attached hydrogen (secondary N) is 1. The van der Waals surface area contributed by atoms with Crippen molar-refractivity contribution in [1.82, 2.24) is 14.9 Å². The van der Waals surface area contributed by atoms with Gasteiger partial charge in [-0.2, -0.15) is 0 Å². The number of hydrogen-bond donors (Lipinski definition) is 1. The van der Waals surface area contributed by atoms with Gasteiger partial charge in [-0.15, -0.1) is 0 Å². The van der Waals surface area contributed by atoms with Gasteiger partial charge in [-0.05, 0) is 76.0 Å². The predicted molar refractivity (Wildman–Crippen MR) is 94.1 cm³/mol. The standard InChI is InChI=1S/C20H27N3O2/c24-18-16(11-21-19(25)20(9-10-20)14-7-8-14)22-15-3-1-2-4-17(15)23(18)12-13-5-6-13/h13-14H,1-12H2,(H,21,25). The van der Waals surface area contributed by atoms with Crippen LogP contribution in [-0.4, -0.2) is 15.5 Å². The second kappa shape index (κ2) is 5.68. The predicted octanol–water partition coefficient (Wildman–Crippen LogP) is 2.34. The molecule has 5 heteroatoms. The maximum absolute atomic E-state index is 13.0. The Labute approximate surface area is 148 Å². The van der Waals surface area contributed by atoms with E-state index in [-0.39, 0.29) is 16.9 Å². The van der Waals surface area contributed by atoms with Crippen LogP contribution in [0.1, 0.15) is 68.4 Å². The summed E-state index contributed by atoms with van der Waals surface area (Å²) in [7, 11) is 0. The van der Waals surface area contributed by atoms with Gasteiger partial charge in [-0.25, -0.2) is 4.98 Å². The zero-order valence-electron chi connectivity index (χ0n) is 14.9. The summed E-state index contributed by atoms with van der Waals surface area (Å²) in [5.41, 5.74) is 2.74. The lowest BCUT2D eigenvalue weighted by Crippen LogP contribution is -2.38. The van der Waals surface area contributed by atoms with E-state index in [1.54, 1.807) is 0 Å². The third kappa shape index (κ3) is 2.81. The zero-order valence-corrected chi connectivity index (χ0v) is 14.9. The van der Waals surface area contributed by atoms with Crippen molar-refractivity contribution in [3.05, 3.63) is 27.4 Å². The minimum absolute atomic E-state index is 0.0316. The van der Waals surface area contributed by atoms with E-state index in [1.807, 2.05) is 4.57 Å². The quantitative estimate of drug-likeness (QED) is 0.864. The molecule has 4 aliphatic rings. The molecule has 0 atom stereocenters. The third-order valence-corrected chi connectivity index (χ3v) is 6.65. The van der Waals surface area contributed by atoms with Crippen molar-refractivity contribution in [2.24, 2.45) is 17.3 Å². The molecular weight excluding hydrogens is 314 g/mol. The van der Waals surface area contributed by atoms with E-state index in [4.69, 9.17) is 0 Å². The summed E-state index contributed by atoms with van der Waals surface area (Å²) in [4.78, 5) is 30.3. The van der Waals surface area contributed by atoms with E-state index in [2.05, 4.69) is 10.3 Å². The Balaban J connectivity index is 1.38. The van der Waals surface area contributed by atoms with Crippen molar-refractivity contribution in [1.29, 1.82) is 0 Å². The topological polar surface area (TPSA) is 64.0 Å². The van der Waals surface area contributed by atoms with E-state index in [0.717, 1.165) is 56.5 Å². The summed E-state index contributed by atoms with van der Waals surface area (Å²) in [6.07, 6.45) is 11.1. The van der Waals surface area contributed by atoms with Crippen LogP contribution >= 0.6 is 0 Å². The number of amides is 1. The summed E-state index contributed by atoms with van der Waals surface area (Å²) >= 11 is 0. The highest BCUT2D eigenvalue weighted by Crippen LogP contribution is 2.61. The second-order valence-electron chi connectivity index (χ2n) is 8.63. The first-order valence-corrected chi connectivity index (χ1v) is 10.1. The highest BCUT2D eigenvalue weighted by Gasteiger charge is 2.59. The van der Waals surface area contributed by atoms with Crippen LogP contribution in [0.4, 0.5) is 0 Å². The molecule has 5 nitrogen and oxygen atoms in total. The molecule has 0 aliphatic heterocycles. The SMILES string of the molecule is O=C(NCc1nc2c(n(CC3CC3)c1=O)CCCC2)C1(C2CC2)CC1. The van der Waals surface area contributed by atoms with Gasteiger partial charge in [0.2, 0.25) is 5.91 Å². The lowest BCUT2D eigenvalue weighted by atomic mass is 9.99. The van der Waals surface area contributed by atoms with Crippen LogP contribution in [0.5, 0.6) is 0 Å². The van der Waals surface area contributed by atoms with Crippen molar-refractivity contribution >= 4 is 5.91 Å². The number of aromatic nitrogens is 2. The number of carbonyl (C=O) groups is 1. The summed E-state index contributed by atoms with van der Waals surface area (Å²) < 4.78 is 1.99. The molecule has 25 heavy (non-hydrogen) atoms. The normalized spacial score (nSPS) is 23.8. The highest BCUT2D eigenvalue weighted by atomic mass is 16.2. The lowest BCUT2D eigenvalue weighted by molar-refractivity contribution is -0.127. The molecule has 5 rings (SSSR count). The molecule has 1 aromatic rings. The number of carbonyl (C=O) groups excluding carboxylic acids is 1. The largest absolute Gasteiger partial charge is 0.350 e. The Morgan fingerprint density at radius 1 is 1.16 bits per heavy atom. The number of rotatable bonds is 6. The van der Waals surface area contributed by atoms with Gasteiger partial charge in [-0.3, -0.25) is 9.59 Å². The molecule has 1 amide bonds. The Bertz CT molecular complexity index is 770. The lowest BCUT2D eigenvalue weighted by Gasteiger charge is -2.22. The number of nitrogens with zero attached hydrogens (tertiary/aromatic N) is 2. The molecule has 3 fully saturated rings. The van der Waals surface area contributed by atoms with E-state index >= 15 is 0 Å². The number of fused-ring (bicyclic) bond motifs is 1. The third-order valence-electron chi connectivity index (χ3n) is 6.65. The van der Waals surface area contributed by atoms with Crippen LogP contribution in [0.25, 0.3) is 0 Å². The average molecular weight is 341 g/mol. The molecule has 0 radical (unpaired) electrons. The molecule has 4 aliphatic carbocycles. The van der Waals surface area contributed by atoms with Gasteiger partial charge in [0, 0.05) is 12.2 Å². The fourth-order valence-electron chi connectivity index (χ4n) is 4.57. The van der Waals surface area contributed by atoms with Crippen molar-refractivity contribution < 1.29 is 4.79 Å². The van der Waals surface area contributed by atoms with Crippen LogP contribution in [0.15, 0.2) is 4.79 Å². The summed E-state index contributed by atoms with van der Waals surface area (Å²) in [6, 6.07) is 0. The first-order valence-electron chi connectivity index (χ1n) is 10.1. The van der Waals surface area contributed by atoms with E-state index in [1.165, 1.54) is 25.7 Å². The molecule has 0 spiro atoms. The van der Waals surface area contributed by atoms with Gasteiger partial charge in [-0.1, -0.05) is 0 Å². The fourth-order valence-corrected chi connectivity index (χ4v) is 4.57. The number of hydrogen-bond acceptors (Lipinski definition) is 3. The Morgan fingerprint density at radius 3 is 2.60 bits per heavy atom. The van der Waals surface area contributed by atoms with E-state index in [0.29, 0.717) is 24.1 Å². The minimum Gasteiger partial charge on any atom is -0.350 e. The highest BCUT2D eigenvalue weighted by molar-refractivity contribution is 5.86. The maximum atomic E-state index is 13.0. The first-order chi connectivity index (χ1) is 12.2. The van der Waals surface area contributed by atoms with Crippen LogP contribution in [-0.2, 0) is 30.7 Å². The summed E-state index contributed by atoms with van der Waals surface area (Å²) in [6.45, 7) is 1.14. The van der Waals surface area contributed by atoms with Gasteiger partial charge in [0.1, 0.15) is 5.69 Å². The van der Waals surface area contributed by atoms with Crippen molar-refractivity contribution in [2.75, 3.05) is 0 Å². The molecule has 3 saturated carbocycles. The van der Waals surface area contributed by atoms with Crippen molar-refractivity contribution in [2.45, 2.75) is 77.3 Å². The van der Waals surface area contributed by atoms with Gasteiger partial charge in [0.05, 0.1) is 17.7 Å². The molecule has 0 unspecified atom stereocenters. The van der Waals surface area contributed by atoms with Gasteiger partial charge in [0.15, 0.2) is 0 Å². The molecule has 1 N–H and O–H groups in total. The second-order valence-corrected chi connectivity index (χ2v) is 8.63. The first kappa shape index (κ1) is 15.6. The van der Waals surface area contributed by atoms with Crippen LogP contribution < -0.4 is 10.9 Å². The van der Waals surface area contributed by atoms with E-state index in [9.17, 15) is 9.59 Å². The van der Waals surface area contributed by atoms with Crippen molar-refractivity contribution in [3.63, 3.8) is 0 Å². The zero-order chi connectivity index (χ0) is 17.0. The van der Waals surface area contributed by atoms with Crippen LogP contribution in [0, 0.1) is 17.3 Å². The number of aryl methyl sites for hydroxylation is 1. The molecular formula is C20H27N3O2. The monoisotopic (exact) mass is 341 g/mol. The molecule has 0 aromatic carbocycles. The van der Waals surface area contributed by atoms with Crippen LogP contribution in [0.3, 0.4) is 0 Å². The molecule has 134 valence electrons.